The van der Waals surface area contributed by atoms with E-state index in [4.69, 9.17) is 4.74 Å². The van der Waals surface area contributed by atoms with Crippen molar-refractivity contribution in [2.75, 3.05) is 33.3 Å². The number of piperidine rings is 1. The molecule has 1 aliphatic heterocycles. The molecule has 0 aromatic heterocycles. The highest BCUT2D eigenvalue weighted by Crippen LogP contribution is 2.35. The molecule has 3 nitrogen and oxygen atoms in total. The Morgan fingerprint density at radius 1 is 1.14 bits per heavy atom. The van der Waals surface area contributed by atoms with Crippen LogP contribution in [0.2, 0.25) is 0 Å². The van der Waals surface area contributed by atoms with Gasteiger partial charge in [0.1, 0.15) is 12.6 Å². The van der Waals surface area contributed by atoms with E-state index in [0.29, 0.717) is 24.5 Å². The maximum Gasteiger partial charge on any atom is 0.126 e. The zero-order valence-electron chi connectivity index (χ0n) is 15.3. The van der Waals surface area contributed by atoms with E-state index in [-0.39, 0.29) is 6.10 Å². The maximum absolute atomic E-state index is 10.4. The fraction of sp³-hybridized carbons (Fsp3) is 1.00. The molecular formula is C19H38NO2+. The van der Waals surface area contributed by atoms with Crippen molar-refractivity contribution in [3.05, 3.63) is 0 Å². The number of quaternary nitrogens is 1. The van der Waals surface area contributed by atoms with Gasteiger partial charge >= 0.3 is 0 Å². The summed E-state index contributed by atoms with van der Waals surface area (Å²) < 4.78 is 7.24. The summed E-state index contributed by atoms with van der Waals surface area (Å²) in [4.78, 5) is 0. The van der Waals surface area contributed by atoms with Gasteiger partial charge in [-0.15, -0.1) is 0 Å². The summed E-state index contributed by atoms with van der Waals surface area (Å²) in [5.74, 6) is 2.12. The second-order valence-electron chi connectivity index (χ2n) is 8.66. The standard InChI is InChI=1S/C19H38NO2/c1-15(2)18-9-8-16(3)12-19(18)22-14-17(21)13-20(4)10-6-5-7-11-20/h15-19,21H,5-14H2,1-4H3/q+1/t16-,17+,18-,19+/m0/s1. The number of aliphatic hydroxyl groups is 1. The average Bonchev–Trinajstić information content (AvgIpc) is 2.45. The highest BCUT2D eigenvalue weighted by molar-refractivity contribution is 4.81. The first-order valence-electron chi connectivity index (χ1n) is 9.53. The molecule has 1 N–H and O–H groups in total. The Labute approximate surface area is 137 Å². The van der Waals surface area contributed by atoms with Crippen LogP contribution in [0.15, 0.2) is 0 Å². The third kappa shape index (κ3) is 5.21. The largest absolute Gasteiger partial charge is 0.385 e. The molecule has 0 aromatic rings. The molecule has 0 unspecified atom stereocenters. The van der Waals surface area contributed by atoms with Crippen LogP contribution in [-0.4, -0.2) is 55.1 Å². The molecule has 0 spiro atoms. The Morgan fingerprint density at radius 2 is 1.82 bits per heavy atom. The number of likely N-dealkylation sites (N-methyl/N-ethyl adjacent to an activating group) is 1. The molecule has 2 aliphatic rings. The van der Waals surface area contributed by atoms with Crippen LogP contribution in [0, 0.1) is 17.8 Å². The van der Waals surface area contributed by atoms with Crippen molar-refractivity contribution in [1.82, 2.24) is 0 Å². The van der Waals surface area contributed by atoms with Crippen molar-refractivity contribution in [1.29, 1.82) is 0 Å². The second-order valence-corrected chi connectivity index (χ2v) is 8.66. The zero-order chi connectivity index (χ0) is 16.2. The van der Waals surface area contributed by atoms with Gasteiger partial charge in [-0.25, -0.2) is 0 Å². The van der Waals surface area contributed by atoms with E-state index in [0.717, 1.165) is 16.9 Å². The van der Waals surface area contributed by atoms with E-state index in [1.165, 1.54) is 51.6 Å². The lowest BCUT2D eigenvalue weighted by Gasteiger charge is -2.40. The molecule has 0 radical (unpaired) electrons. The molecule has 22 heavy (non-hydrogen) atoms. The molecule has 0 bridgehead atoms. The van der Waals surface area contributed by atoms with Crippen LogP contribution in [0.1, 0.15) is 59.3 Å². The molecule has 1 aliphatic carbocycles. The van der Waals surface area contributed by atoms with Crippen molar-refractivity contribution in [2.45, 2.75) is 71.5 Å². The Bertz CT molecular complexity index is 325. The molecule has 0 amide bonds. The molecule has 3 heteroatoms. The van der Waals surface area contributed by atoms with Crippen LogP contribution in [0.5, 0.6) is 0 Å². The van der Waals surface area contributed by atoms with Crippen molar-refractivity contribution in [2.24, 2.45) is 17.8 Å². The van der Waals surface area contributed by atoms with Gasteiger partial charge in [0.05, 0.1) is 32.8 Å². The summed E-state index contributed by atoms with van der Waals surface area (Å²) in [7, 11) is 2.29. The summed E-state index contributed by atoms with van der Waals surface area (Å²) in [5, 5.41) is 10.4. The van der Waals surface area contributed by atoms with Crippen molar-refractivity contribution >= 4 is 0 Å². The fourth-order valence-electron chi connectivity index (χ4n) is 4.56. The van der Waals surface area contributed by atoms with Crippen LogP contribution in [0.3, 0.4) is 0 Å². The van der Waals surface area contributed by atoms with Gasteiger partial charge in [-0.05, 0) is 49.9 Å². The first-order valence-corrected chi connectivity index (χ1v) is 9.53. The third-order valence-electron chi connectivity index (χ3n) is 6.01. The molecule has 0 aromatic carbocycles. The summed E-state index contributed by atoms with van der Waals surface area (Å²) in [6.45, 7) is 10.8. The van der Waals surface area contributed by atoms with Gasteiger partial charge < -0.3 is 14.3 Å². The van der Waals surface area contributed by atoms with E-state index in [2.05, 4.69) is 27.8 Å². The minimum Gasteiger partial charge on any atom is -0.385 e. The van der Waals surface area contributed by atoms with Crippen LogP contribution in [0.25, 0.3) is 0 Å². The Balaban J connectivity index is 1.79. The summed E-state index contributed by atoms with van der Waals surface area (Å²) >= 11 is 0. The number of ether oxygens (including phenoxy) is 1. The van der Waals surface area contributed by atoms with E-state index >= 15 is 0 Å². The topological polar surface area (TPSA) is 29.5 Å². The monoisotopic (exact) mass is 312 g/mol. The van der Waals surface area contributed by atoms with Gasteiger partial charge in [-0.2, -0.15) is 0 Å². The van der Waals surface area contributed by atoms with Crippen LogP contribution >= 0.6 is 0 Å². The highest BCUT2D eigenvalue weighted by Gasteiger charge is 2.33. The number of aliphatic hydroxyl groups excluding tert-OH is 1. The second kappa shape index (κ2) is 8.12. The lowest BCUT2D eigenvalue weighted by atomic mass is 9.75. The summed E-state index contributed by atoms with van der Waals surface area (Å²) in [6.07, 6.45) is 7.79. The molecule has 1 heterocycles. The zero-order valence-corrected chi connectivity index (χ0v) is 15.3. The Morgan fingerprint density at radius 3 is 2.45 bits per heavy atom. The van der Waals surface area contributed by atoms with Gasteiger partial charge in [0, 0.05) is 0 Å². The Hall–Kier alpha value is -0.120. The minimum atomic E-state index is -0.312. The number of rotatable bonds is 6. The van der Waals surface area contributed by atoms with Gasteiger partial charge in [0.15, 0.2) is 0 Å². The molecule has 2 rings (SSSR count). The molecule has 2 fully saturated rings. The lowest BCUT2D eigenvalue weighted by Crippen LogP contribution is -2.53. The van der Waals surface area contributed by atoms with Gasteiger partial charge in [-0.1, -0.05) is 27.2 Å². The third-order valence-corrected chi connectivity index (χ3v) is 6.01. The number of nitrogens with zero attached hydrogens (tertiary/aromatic N) is 1. The Kier molecular flexibility index (Phi) is 6.73. The smallest absolute Gasteiger partial charge is 0.126 e. The molecule has 130 valence electrons. The molecule has 1 saturated heterocycles. The SMILES string of the molecule is CC(C)[C@@H]1CC[C@H](C)C[C@H]1OC[C@H](O)C[N+]1(C)CCCCC1. The average molecular weight is 313 g/mol. The van der Waals surface area contributed by atoms with E-state index in [1.807, 2.05) is 0 Å². The van der Waals surface area contributed by atoms with Crippen LogP contribution in [-0.2, 0) is 4.74 Å². The quantitative estimate of drug-likeness (QED) is 0.761. The maximum atomic E-state index is 10.4. The number of hydrogen-bond donors (Lipinski definition) is 1. The number of likely N-dealkylation sites (tertiary alicyclic amines) is 1. The minimum absolute atomic E-state index is 0.312. The predicted molar refractivity (Wildman–Crippen MR) is 91.7 cm³/mol. The van der Waals surface area contributed by atoms with E-state index in [9.17, 15) is 5.11 Å². The first kappa shape index (κ1) is 18.2. The first-order chi connectivity index (χ1) is 10.4. The molecule has 4 atom stereocenters. The molecule has 1 saturated carbocycles. The summed E-state index contributed by atoms with van der Waals surface area (Å²) in [6, 6.07) is 0. The molecular weight excluding hydrogens is 274 g/mol. The van der Waals surface area contributed by atoms with Crippen molar-refractivity contribution in [3.63, 3.8) is 0 Å². The normalized spacial score (nSPS) is 33.8. The summed E-state index contributed by atoms with van der Waals surface area (Å²) in [5.41, 5.74) is 0. The van der Waals surface area contributed by atoms with E-state index < -0.39 is 0 Å². The lowest BCUT2D eigenvalue weighted by molar-refractivity contribution is -0.916. The van der Waals surface area contributed by atoms with Gasteiger partial charge in [-0.3, -0.25) is 0 Å². The predicted octanol–water partition coefficient (Wildman–Crippen LogP) is 3.46. The van der Waals surface area contributed by atoms with Gasteiger partial charge in [0.2, 0.25) is 0 Å². The van der Waals surface area contributed by atoms with Gasteiger partial charge in [0.25, 0.3) is 0 Å². The van der Waals surface area contributed by atoms with Crippen molar-refractivity contribution in [3.8, 4) is 0 Å². The highest BCUT2D eigenvalue weighted by atomic mass is 16.5. The van der Waals surface area contributed by atoms with Crippen LogP contribution in [0.4, 0.5) is 0 Å². The number of hydrogen-bond acceptors (Lipinski definition) is 2. The van der Waals surface area contributed by atoms with Crippen molar-refractivity contribution < 1.29 is 14.3 Å². The van der Waals surface area contributed by atoms with Crippen LogP contribution < -0.4 is 0 Å². The fourth-order valence-corrected chi connectivity index (χ4v) is 4.56. The van der Waals surface area contributed by atoms with E-state index in [1.54, 1.807) is 0 Å².